The predicted octanol–water partition coefficient (Wildman–Crippen LogP) is 4.44. The van der Waals surface area contributed by atoms with Crippen LogP contribution < -0.4 is 10.2 Å². The van der Waals surface area contributed by atoms with E-state index in [0.29, 0.717) is 13.2 Å². The highest BCUT2D eigenvalue weighted by molar-refractivity contribution is 9.11. The first-order valence-electron chi connectivity index (χ1n) is 6.11. The molecule has 0 radical (unpaired) electrons. The minimum atomic E-state index is 0.541. The molecule has 0 amide bonds. The zero-order valence-corrected chi connectivity index (χ0v) is 14.2. The monoisotopic (exact) mass is 399 g/mol. The summed E-state index contributed by atoms with van der Waals surface area (Å²) in [6, 6.07) is 14.0. The van der Waals surface area contributed by atoms with E-state index in [4.69, 9.17) is 9.57 Å². The Labute approximate surface area is 135 Å². The van der Waals surface area contributed by atoms with E-state index >= 15 is 0 Å². The molecule has 0 aliphatic heterocycles. The maximum absolute atomic E-state index is 5.45. The summed E-state index contributed by atoms with van der Waals surface area (Å²) in [6.45, 7) is 1.16. The van der Waals surface area contributed by atoms with Gasteiger partial charge >= 0.3 is 0 Å². The molecule has 0 unspecified atom stereocenters. The molecular formula is C15H15Br2NO2. The van der Waals surface area contributed by atoms with Crippen molar-refractivity contribution < 1.29 is 9.57 Å². The van der Waals surface area contributed by atoms with Crippen LogP contribution in [0.25, 0.3) is 0 Å². The number of rotatable bonds is 6. The zero-order chi connectivity index (χ0) is 14.4. The molecule has 2 aromatic carbocycles. The summed E-state index contributed by atoms with van der Waals surface area (Å²) in [5, 5.41) is 0. The molecule has 5 heteroatoms. The van der Waals surface area contributed by atoms with Gasteiger partial charge in [-0.05, 0) is 55.1 Å². The summed E-state index contributed by atoms with van der Waals surface area (Å²) in [4.78, 5) is 5.45. The lowest BCUT2D eigenvalue weighted by Crippen LogP contribution is -2.14. The lowest BCUT2D eigenvalue weighted by Gasteiger charge is -2.10. The van der Waals surface area contributed by atoms with E-state index < -0.39 is 0 Å². The van der Waals surface area contributed by atoms with Crippen LogP contribution in [-0.4, -0.2) is 7.11 Å². The molecule has 0 saturated heterocycles. The van der Waals surface area contributed by atoms with E-state index in [1.807, 2.05) is 42.5 Å². The molecule has 106 valence electrons. The summed E-state index contributed by atoms with van der Waals surface area (Å²) in [5.41, 5.74) is 5.19. The topological polar surface area (TPSA) is 30.5 Å². The third kappa shape index (κ3) is 4.31. The van der Waals surface area contributed by atoms with Crippen molar-refractivity contribution in [2.75, 3.05) is 7.11 Å². The first-order chi connectivity index (χ1) is 9.70. The molecule has 0 spiro atoms. The van der Waals surface area contributed by atoms with E-state index in [2.05, 4.69) is 37.3 Å². The summed E-state index contributed by atoms with van der Waals surface area (Å²) in [5.74, 6) is 0.791. The Kier molecular flexibility index (Phi) is 6.04. The molecule has 1 N–H and O–H groups in total. The molecule has 0 saturated carbocycles. The Hall–Kier alpha value is -0.880. The summed E-state index contributed by atoms with van der Waals surface area (Å²) < 4.78 is 7.09. The van der Waals surface area contributed by atoms with Crippen molar-refractivity contribution in [2.45, 2.75) is 13.2 Å². The SMILES string of the molecule is COc1c(Br)cc(CNOCc2ccccc2)cc1Br. The van der Waals surface area contributed by atoms with Crippen molar-refractivity contribution in [1.82, 2.24) is 5.48 Å². The lowest BCUT2D eigenvalue weighted by atomic mass is 10.2. The highest BCUT2D eigenvalue weighted by atomic mass is 79.9. The zero-order valence-electron chi connectivity index (χ0n) is 11.0. The van der Waals surface area contributed by atoms with Gasteiger partial charge in [0.25, 0.3) is 0 Å². The van der Waals surface area contributed by atoms with E-state index in [-0.39, 0.29) is 0 Å². The van der Waals surface area contributed by atoms with Gasteiger partial charge in [0.2, 0.25) is 0 Å². The molecular weight excluding hydrogens is 386 g/mol. The number of benzene rings is 2. The second-order valence-electron chi connectivity index (χ2n) is 4.19. The Balaban J connectivity index is 1.85. The van der Waals surface area contributed by atoms with E-state index in [0.717, 1.165) is 25.8 Å². The number of ether oxygens (including phenoxy) is 1. The van der Waals surface area contributed by atoms with Crippen LogP contribution in [0.5, 0.6) is 5.75 Å². The minimum Gasteiger partial charge on any atom is -0.494 e. The van der Waals surface area contributed by atoms with Gasteiger partial charge in [-0.15, -0.1) is 0 Å². The van der Waals surface area contributed by atoms with Crippen molar-refractivity contribution in [3.8, 4) is 5.75 Å². The summed E-state index contributed by atoms with van der Waals surface area (Å²) in [7, 11) is 1.64. The average Bonchev–Trinajstić information content (AvgIpc) is 2.44. The number of nitrogens with one attached hydrogen (secondary N) is 1. The van der Waals surface area contributed by atoms with Gasteiger partial charge in [0.05, 0.1) is 22.7 Å². The number of methoxy groups -OCH3 is 1. The Morgan fingerprint density at radius 3 is 2.25 bits per heavy atom. The largest absolute Gasteiger partial charge is 0.494 e. The first kappa shape index (κ1) is 15.5. The summed E-state index contributed by atoms with van der Waals surface area (Å²) >= 11 is 6.96. The Morgan fingerprint density at radius 2 is 1.65 bits per heavy atom. The van der Waals surface area contributed by atoms with Crippen LogP contribution in [-0.2, 0) is 18.0 Å². The van der Waals surface area contributed by atoms with E-state index in [1.54, 1.807) is 7.11 Å². The molecule has 0 aromatic heterocycles. The fourth-order valence-corrected chi connectivity index (χ4v) is 3.36. The van der Waals surface area contributed by atoms with Gasteiger partial charge in [0.1, 0.15) is 5.75 Å². The average molecular weight is 401 g/mol. The van der Waals surface area contributed by atoms with Crippen LogP contribution in [0.4, 0.5) is 0 Å². The number of hydrogen-bond acceptors (Lipinski definition) is 3. The lowest BCUT2D eigenvalue weighted by molar-refractivity contribution is 0.0235. The third-order valence-corrected chi connectivity index (χ3v) is 3.90. The van der Waals surface area contributed by atoms with Gasteiger partial charge in [0.15, 0.2) is 0 Å². The molecule has 2 aromatic rings. The molecule has 0 heterocycles. The number of hydrogen-bond donors (Lipinski definition) is 1. The van der Waals surface area contributed by atoms with Gasteiger partial charge in [-0.2, -0.15) is 5.48 Å². The number of halogens is 2. The van der Waals surface area contributed by atoms with Gasteiger partial charge < -0.3 is 4.74 Å². The van der Waals surface area contributed by atoms with Crippen LogP contribution in [0.15, 0.2) is 51.4 Å². The minimum absolute atomic E-state index is 0.541. The molecule has 0 aliphatic carbocycles. The van der Waals surface area contributed by atoms with Gasteiger partial charge in [-0.25, -0.2) is 0 Å². The molecule has 0 atom stereocenters. The normalized spacial score (nSPS) is 10.6. The quantitative estimate of drug-likeness (QED) is 0.574. The molecule has 3 nitrogen and oxygen atoms in total. The van der Waals surface area contributed by atoms with Crippen LogP contribution in [0.3, 0.4) is 0 Å². The second kappa shape index (κ2) is 7.78. The van der Waals surface area contributed by atoms with Crippen molar-refractivity contribution in [3.05, 3.63) is 62.5 Å². The van der Waals surface area contributed by atoms with Crippen LogP contribution in [0, 0.1) is 0 Å². The molecule has 20 heavy (non-hydrogen) atoms. The molecule has 0 bridgehead atoms. The van der Waals surface area contributed by atoms with Gasteiger partial charge in [-0.3, -0.25) is 4.84 Å². The molecule has 0 fully saturated rings. The fourth-order valence-electron chi connectivity index (χ4n) is 1.75. The summed E-state index contributed by atoms with van der Waals surface area (Å²) in [6.07, 6.45) is 0. The van der Waals surface area contributed by atoms with Crippen molar-refractivity contribution >= 4 is 31.9 Å². The van der Waals surface area contributed by atoms with Crippen LogP contribution in [0.1, 0.15) is 11.1 Å². The van der Waals surface area contributed by atoms with Crippen molar-refractivity contribution in [1.29, 1.82) is 0 Å². The predicted molar refractivity (Wildman–Crippen MR) is 86.5 cm³/mol. The molecule has 0 aliphatic rings. The van der Waals surface area contributed by atoms with Crippen molar-refractivity contribution in [3.63, 3.8) is 0 Å². The maximum atomic E-state index is 5.45. The third-order valence-electron chi connectivity index (χ3n) is 2.72. The highest BCUT2D eigenvalue weighted by Crippen LogP contribution is 2.34. The standard InChI is InChI=1S/C15H15Br2NO2/c1-19-15-13(16)7-12(8-14(15)17)9-18-20-10-11-5-3-2-4-6-11/h2-8,18H,9-10H2,1H3. The van der Waals surface area contributed by atoms with Crippen LogP contribution >= 0.6 is 31.9 Å². The van der Waals surface area contributed by atoms with E-state index in [1.165, 1.54) is 0 Å². The highest BCUT2D eigenvalue weighted by Gasteiger charge is 2.07. The smallest absolute Gasteiger partial charge is 0.147 e. The second-order valence-corrected chi connectivity index (χ2v) is 5.90. The van der Waals surface area contributed by atoms with Crippen LogP contribution in [0.2, 0.25) is 0 Å². The van der Waals surface area contributed by atoms with Crippen molar-refractivity contribution in [2.24, 2.45) is 0 Å². The Bertz CT molecular complexity index is 538. The first-order valence-corrected chi connectivity index (χ1v) is 7.70. The molecule has 2 rings (SSSR count). The number of hydroxylamine groups is 1. The fraction of sp³-hybridized carbons (Fsp3) is 0.200. The maximum Gasteiger partial charge on any atom is 0.147 e. The van der Waals surface area contributed by atoms with Gasteiger partial charge in [0, 0.05) is 6.54 Å². The Morgan fingerprint density at radius 1 is 1.00 bits per heavy atom. The van der Waals surface area contributed by atoms with Gasteiger partial charge in [-0.1, -0.05) is 30.3 Å². The van der Waals surface area contributed by atoms with E-state index in [9.17, 15) is 0 Å².